The second-order valence-electron chi connectivity index (χ2n) is 4.26. The number of rotatable bonds is 4. The molecule has 0 saturated carbocycles. The third-order valence-electron chi connectivity index (χ3n) is 3.05. The number of nitro groups is 1. The summed E-state index contributed by atoms with van der Waals surface area (Å²) >= 11 is 0. The van der Waals surface area contributed by atoms with E-state index in [2.05, 4.69) is 9.97 Å². The van der Waals surface area contributed by atoms with Crippen molar-refractivity contribution in [2.45, 2.75) is 0 Å². The van der Waals surface area contributed by atoms with Crippen LogP contribution in [-0.2, 0) is 0 Å². The minimum absolute atomic E-state index is 0.0310. The van der Waals surface area contributed by atoms with Gasteiger partial charge >= 0.3 is 0 Å². The van der Waals surface area contributed by atoms with Crippen molar-refractivity contribution in [3.63, 3.8) is 0 Å². The Hall–Kier alpha value is -2.67. The molecule has 102 valence electrons. The average Bonchev–Trinajstić information content (AvgIpc) is 2.84. The number of non-ortho nitro benzene ring substituents is 1. The highest BCUT2D eigenvalue weighted by atomic mass is 16.6. The van der Waals surface area contributed by atoms with Crippen LogP contribution in [0.15, 0.2) is 30.5 Å². The molecule has 1 aromatic carbocycles. The van der Waals surface area contributed by atoms with Crippen LogP contribution < -0.4 is 10.5 Å². The Morgan fingerprint density at radius 3 is 2.85 bits per heavy atom. The summed E-state index contributed by atoms with van der Waals surface area (Å²) in [5.74, 6) is 0.401. The molecule has 20 heavy (non-hydrogen) atoms. The van der Waals surface area contributed by atoms with Gasteiger partial charge in [-0.1, -0.05) is 12.1 Å². The highest BCUT2D eigenvalue weighted by molar-refractivity contribution is 6.11. The van der Waals surface area contributed by atoms with Crippen LogP contribution in [-0.4, -0.2) is 28.0 Å². The Bertz CT molecular complexity index is 797. The lowest BCUT2D eigenvalue weighted by Gasteiger charge is -2.03. The lowest BCUT2D eigenvalue weighted by atomic mass is 10.1. The van der Waals surface area contributed by atoms with Crippen LogP contribution in [0.2, 0.25) is 0 Å². The van der Waals surface area contributed by atoms with E-state index in [1.807, 2.05) is 6.07 Å². The van der Waals surface area contributed by atoms with Gasteiger partial charge in [-0.25, -0.2) is 4.98 Å². The molecule has 0 bridgehead atoms. The maximum Gasteiger partial charge on any atom is 0.293 e. The molecule has 7 heteroatoms. The molecule has 0 aliphatic carbocycles. The lowest BCUT2D eigenvalue weighted by Crippen LogP contribution is -2.11. The molecule has 0 spiro atoms. The van der Waals surface area contributed by atoms with Crippen LogP contribution in [0.1, 0.15) is 0 Å². The van der Waals surface area contributed by atoms with Gasteiger partial charge in [0.2, 0.25) is 5.88 Å². The van der Waals surface area contributed by atoms with Crippen molar-refractivity contribution in [2.75, 3.05) is 13.2 Å². The molecule has 0 fully saturated rings. The first-order valence-electron chi connectivity index (χ1n) is 6.09. The van der Waals surface area contributed by atoms with E-state index in [4.69, 9.17) is 10.5 Å². The predicted molar refractivity (Wildman–Crippen MR) is 74.8 cm³/mol. The number of nitrogens with one attached hydrogen (secondary N) is 1. The van der Waals surface area contributed by atoms with E-state index in [1.54, 1.807) is 18.3 Å². The first kappa shape index (κ1) is 12.4. The number of H-pyrrole nitrogens is 1. The SMILES string of the molecule is NCCOc1nccc2c1[nH]c1c([N+](=O)[O-])cccc12. The number of nitrogens with two attached hydrogens (primary N) is 1. The van der Waals surface area contributed by atoms with Gasteiger partial charge in [-0.05, 0) is 6.07 Å². The number of para-hydroxylation sites is 1. The fourth-order valence-corrected chi connectivity index (χ4v) is 2.23. The smallest absolute Gasteiger partial charge is 0.293 e. The third kappa shape index (κ3) is 1.84. The maximum absolute atomic E-state index is 11.1. The summed E-state index contributed by atoms with van der Waals surface area (Å²) < 4.78 is 5.46. The number of benzene rings is 1. The minimum atomic E-state index is -0.411. The zero-order valence-corrected chi connectivity index (χ0v) is 10.5. The molecular weight excluding hydrogens is 260 g/mol. The van der Waals surface area contributed by atoms with Crippen molar-refractivity contribution in [2.24, 2.45) is 5.73 Å². The molecule has 0 aliphatic rings. The highest BCUT2D eigenvalue weighted by Crippen LogP contribution is 2.34. The summed E-state index contributed by atoms with van der Waals surface area (Å²) in [5, 5.41) is 12.7. The molecule has 0 radical (unpaired) electrons. The van der Waals surface area contributed by atoms with Gasteiger partial charge in [-0.15, -0.1) is 0 Å². The second-order valence-corrected chi connectivity index (χ2v) is 4.26. The minimum Gasteiger partial charge on any atom is -0.475 e. The molecule has 3 aromatic rings. The molecule has 2 aromatic heterocycles. The number of hydrogen-bond donors (Lipinski definition) is 2. The molecule has 0 unspecified atom stereocenters. The lowest BCUT2D eigenvalue weighted by molar-refractivity contribution is -0.383. The number of aromatic nitrogens is 2. The van der Waals surface area contributed by atoms with E-state index < -0.39 is 4.92 Å². The molecular formula is C13H12N4O3. The van der Waals surface area contributed by atoms with Crippen LogP contribution >= 0.6 is 0 Å². The highest BCUT2D eigenvalue weighted by Gasteiger charge is 2.17. The van der Waals surface area contributed by atoms with Crippen LogP contribution in [0.3, 0.4) is 0 Å². The summed E-state index contributed by atoms with van der Waals surface area (Å²) in [5.41, 5.74) is 6.55. The van der Waals surface area contributed by atoms with Gasteiger partial charge in [0.25, 0.3) is 5.69 Å². The summed E-state index contributed by atoms with van der Waals surface area (Å²) in [6.07, 6.45) is 1.61. The van der Waals surface area contributed by atoms with E-state index in [0.717, 1.165) is 10.8 Å². The Morgan fingerprint density at radius 1 is 1.30 bits per heavy atom. The van der Waals surface area contributed by atoms with Crippen LogP contribution in [0.5, 0.6) is 5.88 Å². The van der Waals surface area contributed by atoms with Gasteiger partial charge in [-0.3, -0.25) is 10.1 Å². The zero-order chi connectivity index (χ0) is 14.1. The van der Waals surface area contributed by atoms with Crippen molar-refractivity contribution in [1.29, 1.82) is 0 Å². The molecule has 0 amide bonds. The maximum atomic E-state index is 11.1. The number of hydrogen-bond acceptors (Lipinski definition) is 5. The van der Waals surface area contributed by atoms with Crippen molar-refractivity contribution in [3.8, 4) is 5.88 Å². The standard InChI is InChI=1S/C13H12N4O3/c14-5-7-20-13-12-9(4-6-15-13)8-2-1-3-10(17(18)19)11(8)16-12/h1-4,6,16H,5,7,14H2. The monoisotopic (exact) mass is 272 g/mol. The fourth-order valence-electron chi connectivity index (χ4n) is 2.23. The largest absolute Gasteiger partial charge is 0.475 e. The molecule has 0 atom stereocenters. The van der Waals surface area contributed by atoms with Crippen molar-refractivity contribution >= 4 is 27.5 Å². The van der Waals surface area contributed by atoms with Gasteiger partial charge in [-0.2, -0.15) is 0 Å². The third-order valence-corrected chi connectivity index (χ3v) is 3.05. The van der Waals surface area contributed by atoms with Crippen molar-refractivity contribution < 1.29 is 9.66 Å². The topological polar surface area (TPSA) is 107 Å². The Labute approximate surface area is 113 Å². The van der Waals surface area contributed by atoms with Crippen molar-refractivity contribution in [3.05, 3.63) is 40.6 Å². The van der Waals surface area contributed by atoms with E-state index in [-0.39, 0.29) is 5.69 Å². The molecule has 3 N–H and O–H groups in total. The molecule has 2 heterocycles. The fraction of sp³-hybridized carbons (Fsp3) is 0.154. The predicted octanol–water partition coefficient (Wildman–Crippen LogP) is 1.96. The molecule has 7 nitrogen and oxygen atoms in total. The number of aromatic amines is 1. The van der Waals surface area contributed by atoms with E-state index >= 15 is 0 Å². The van der Waals surface area contributed by atoms with Crippen LogP contribution in [0, 0.1) is 10.1 Å². The van der Waals surface area contributed by atoms with E-state index in [1.165, 1.54) is 6.07 Å². The number of fused-ring (bicyclic) bond motifs is 3. The Kier molecular flexibility index (Phi) is 2.96. The Morgan fingerprint density at radius 2 is 2.10 bits per heavy atom. The summed E-state index contributed by atoms with van der Waals surface area (Å²) in [6.45, 7) is 0.710. The molecule has 0 saturated heterocycles. The first-order valence-corrected chi connectivity index (χ1v) is 6.09. The van der Waals surface area contributed by atoms with Crippen molar-refractivity contribution in [1.82, 2.24) is 9.97 Å². The average molecular weight is 272 g/mol. The van der Waals surface area contributed by atoms with Gasteiger partial charge in [0.15, 0.2) is 0 Å². The zero-order valence-electron chi connectivity index (χ0n) is 10.5. The summed E-state index contributed by atoms with van der Waals surface area (Å²) in [4.78, 5) is 17.8. The quantitative estimate of drug-likeness (QED) is 0.557. The van der Waals surface area contributed by atoms with E-state index in [9.17, 15) is 10.1 Å². The number of ether oxygens (including phenoxy) is 1. The van der Waals surface area contributed by atoms with Gasteiger partial charge in [0.1, 0.15) is 17.6 Å². The summed E-state index contributed by atoms with van der Waals surface area (Å²) in [7, 11) is 0. The van der Waals surface area contributed by atoms with Crippen LogP contribution in [0.4, 0.5) is 5.69 Å². The van der Waals surface area contributed by atoms with Gasteiger partial charge < -0.3 is 15.5 Å². The number of nitrogens with zero attached hydrogens (tertiary/aromatic N) is 2. The summed E-state index contributed by atoms with van der Waals surface area (Å²) in [6, 6.07) is 6.75. The van der Waals surface area contributed by atoms with Crippen LogP contribution in [0.25, 0.3) is 21.8 Å². The number of pyridine rings is 1. The normalized spacial score (nSPS) is 11.1. The number of nitro benzene ring substituents is 1. The molecule has 0 aliphatic heterocycles. The Balaban J connectivity index is 2.30. The van der Waals surface area contributed by atoms with Gasteiger partial charge in [0, 0.05) is 29.6 Å². The first-order chi connectivity index (χ1) is 9.72. The molecule has 3 rings (SSSR count). The second kappa shape index (κ2) is 4.78. The van der Waals surface area contributed by atoms with E-state index in [0.29, 0.717) is 30.1 Å². The van der Waals surface area contributed by atoms with Gasteiger partial charge in [0.05, 0.1) is 4.92 Å².